The van der Waals surface area contributed by atoms with Crippen LogP contribution in [0, 0.1) is 0 Å². The van der Waals surface area contributed by atoms with Gasteiger partial charge in [0.25, 0.3) is 0 Å². The molecule has 1 unspecified atom stereocenters. The van der Waals surface area contributed by atoms with Crippen LogP contribution in [0.5, 0.6) is 0 Å². The third-order valence-electron chi connectivity index (χ3n) is 1.71. The second-order valence-electron chi connectivity index (χ2n) is 3.01. The molecule has 0 aromatic rings. The maximum absolute atomic E-state index is 10.3. The van der Waals surface area contributed by atoms with Crippen LogP contribution in [-0.4, -0.2) is 11.9 Å². The van der Waals surface area contributed by atoms with E-state index >= 15 is 0 Å². The summed E-state index contributed by atoms with van der Waals surface area (Å²) in [6.45, 7) is 6.38. The third kappa shape index (κ3) is 5.89. The van der Waals surface area contributed by atoms with Gasteiger partial charge < -0.3 is 5.32 Å². The van der Waals surface area contributed by atoms with E-state index in [1.54, 1.807) is 0 Å². The second-order valence-corrected chi connectivity index (χ2v) is 3.01. The van der Waals surface area contributed by atoms with Gasteiger partial charge in [0.15, 0.2) is 0 Å². The highest BCUT2D eigenvalue weighted by Crippen LogP contribution is 2.03. The fraction of sp³-hybridized carbons (Fsp3) is 0.889. The van der Waals surface area contributed by atoms with Crippen LogP contribution in [0.25, 0.3) is 0 Å². The molecule has 1 aliphatic rings. The molecule has 1 aliphatic heterocycles. The average Bonchev–Trinajstić information content (AvgIpc) is 2.35. The first-order valence-corrected chi connectivity index (χ1v) is 4.50. The van der Waals surface area contributed by atoms with Gasteiger partial charge in [-0.1, -0.05) is 26.7 Å². The Balaban J connectivity index is 0.000000218. The predicted molar refractivity (Wildman–Crippen MR) is 47.4 cm³/mol. The molecule has 0 aromatic heterocycles. The van der Waals surface area contributed by atoms with Crippen molar-refractivity contribution in [2.75, 3.05) is 0 Å². The minimum Gasteiger partial charge on any atom is -0.354 e. The first-order valence-electron chi connectivity index (χ1n) is 4.50. The summed E-state index contributed by atoms with van der Waals surface area (Å²) in [5.41, 5.74) is 0. The summed E-state index contributed by atoms with van der Waals surface area (Å²) in [5, 5.41) is 2.78. The Labute approximate surface area is 69.4 Å². The van der Waals surface area contributed by atoms with E-state index in [-0.39, 0.29) is 5.91 Å². The highest BCUT2D eigenvalue weighted by atomic mass is 16.1. The van der Waals surface area contributed by atoms with Crippen molar-refractivity contribution in [2.45, 2.75) is 52.5 Å². The number of unbranched alkanes of at least 4 members (excludes halogenated alkanes) is 1. The summed E-state index contributed by atoms with van der Waals surface area (Å²) in [4.78, 5) is 10.3. The summed E-state index contributed by atoms with van der Waals surface area (Å²) in [6, 6.07) is 0.424. The van der Waals surface area contributed by atoms with Gasteiger partial charge in [-0.15, -0.1) is 0 Å². The zero-order chi connectivity index (χ0) is 8.69. The number of rotatable bonds is 1. The van der Waals surface area contributed by atoms with Crippen LogP contribution >= 0.6 is 0 Å². The number of hydrogen-bond donors (Lipinski definition) is 1. The fourth-order valence-corrected chi connectivity index (χ4v) is 0.767. The molecule has 0 aliphatic carbocycles. The average molecular weight is 157 g/mol. The summed E-state index contributed by atoms with van der Waals surface area (Å²) >= 11 is 0. The first-order chi connectivity index (χ1) is 5.20. The summed E-state index contributed by atoms with van der Waals surface area (Å²) in [6.07, 6.45) is 4.38. The van der Waals surface area contributed by atoms with Gasteiger partial charge in [-0.05, 0) is 13.3 Å². The molecule has 1 amide bonds. The highest BCUT2D eigenvalue weighted by molar-refractivity contribution is 5.78. The van der Waals surface area contributed by atoms with Crippen molar-refractivity contribution in [3.63, 3.8) is 0 Å². The van der Waals surface area contributed by atoms with Crippen molar-refractivity contribution in [3.05, 3.63) is 0 Å². The van der Waals surface area contributed by atoms with Crippen LogP contribution < -0.4 is 5.32 Å². The summed E-state index contributed by atoms with van der Waals surface area (Å²) in [5.74, 6) is 0.201. The molecule has 11 heavy (non-hydrogen) atoms. The standard InChI is InChI=1S/C5H9NO.C4H10/c1-4-2-3-5(7)6-4;1-3-4-2/h4H,2-3H2,1H3,(H,6,7);3-4H2,1-2H3. The van der Waals surface area contributed by atoms with Gasteiger partial charge in [0.2, 0.25) is 5.91 Å². The number of hydrogen-bond acceptors (Lipinski definition) is 1. The van der Waals surface area contributed by atoms with E-state index in [0.717, 1.165) is 12.8 Å². The van der Waals surface area contributed by atoms with Crippen LogP contribution in [0.1, 0.15) is 46.5 Å². The molecule has 1 rings (SSSR count). The van der Waals surface area contributed by atoms with Crippen LogP contribution in [0.2, 0.25) is 0 Å². The smallest absolute Gasteiger partial charge is 0.220 e. The van der Waals surface area contributed by atoms with Crippen molar-refractivity contribution in [1.29, 1.82) is 0 Å². The molecule has 0 aromatic carbocycles. The van der Waals surface area contributed by atoms with Gasteiger partial charge in [0.1, 0.15) is 0 Å². The lowest BCUT2D eigenvalue weighted by atomic mass is 10.3. The Bertz CT molecular complexity index is 110. The molecule has 0 spiro atoms. The van der Waals surface area contributed by atoms with Crippen molar-refractivity contribution in [2.24, 2.45) is 0 Å². The van der Waals surface area contributed by atoms with Crippen LogP contribution in [-0.2, 0) is 4.79 Å². The van der Waals surface area contributed by atoms with Gasteiger partial charge >= 0.3 is 0 Å². The summed E-state index contributed by atoms with van der Waals surface area (Å²) < 4.78 is 0. The van der Waals surface area contributed by atoms with Gasteiger partial charge in [-0.3, -0.25) is 4.79 Å². The van der Waals surface area contributed by atoms with E-state index in [1.165, 1.54) is 12.8 Å². The maximum Gasteiger partial charge on any atom is 0.220 e. The van der Waals surface area contributed by atoms with Crippen molar-refractivity contribution in [3.8, 4) is 0 Å². The van der Waals surface area contributed by atoms with E-state index in [9.17, 15) is 4.79 Å². The molecular formula is C9H19NO. The van der Waals surface area contributed by atoms with Crippen molar-refractivity contribution in [1.82, 2.24) is 5.32 Å². The Morgan fingerprint density at radius 3 is 2.09 bits per heavy atom. The highest BCUT2D eigenvalue weighted by Gasteiger charge is 2.14. The molecule has 0 bridgehead atoms. The van der Waals surface area contributed by atoms with E-state index < -0.39 is 0 Å². The van der Waals surface area contributed by atoms with E-state index in [0.29, 0.717) is 6.04 Å². The summed E-state index contributed by atoms with van der Waals surface area (Å²) in [7, 11) is 0. The lowest BCUT2D eigenvalue weighted by molar-refractivity contribution is -0.119. The predicted octanol–water partition coefficient (Wildman–Crippen LogP) is 2.09. The molecule has 1 fully saturated rings. The van der Waals surface area contributed by atoms with E-state index in [4.69, 9.17) is 0 Å². The SMILES string of the molecule is CC1CCC(=O)N1.CCCC. The maximum atomic E-state index is 10.3. The Hall–Kier alpha value is -0.530. The molecule has 2 nitrogen and oxygen atoms in total. The number of carbonyl (C=O) groups is 1. The molecule has 1 N–H and O–H groups in total. The van der Waals surface area contributed by atoms with Crippen LogP contribution in [0.3, 0.4) is 0 Å². The minimum absolute atomic E-state index is 0.201. The molecular weight excluding hydrogens is 138 g/mol. The lowest BCUT2D eigenvalue weighted by Gasteiger charge is -1.95. The molecule has 0 saturated carbocycles. The van der Waals surface area contributed by atoms with Crippen molar-refractivity contribution < 1.29 is 4.79 Å². The molecule has 1 atom stereocenters. The second kappa shape index (κ2) is 6.20. The molecule has 1 saturated heterocycles. The monoisotopic (exact) mass is 157 g/mol. The van der Waals surface area contributed by atoms with E-state index in [2.05, 4.69) is 19.2 Å². The first kappa shape index (κ1) is 10.5. The quantitative estimate of drug-likeness (QED) is 0.620. The minimum atomic E-state index is 0.201. The number of carbonyl (C=O) groups excluding carboxylic acids is 1. The molecule has 2 heteroatoms. The Morgan fingerprint density at radius 1 is 1.45 bits per heavy atom. The van der Waals surface area contributed by atoms with E-state index in [1.807, 2.05) is 6.92 Å². The number of amides is 1. The Kier molecular flexibility index (Phi) is 5.90. The van der Waals surface area contributed by atoms with Crippen LogP contribution in [0.4, 0.5) is 0 Å². The molecule has 66 valence electrons. The zero-order valence-electron chi connectivity index (χ0n) is 7.81. The molecule has 0 radical (unpaired) electrons. The van der Waals surface area contributed by atoms with Gasteiger partial charge in [0, 0.05) is 12.5 Å². The molecule has 1 heterocycles. The lowest BCUT2D eigenvalue weighted by Crippen LogP contribution is -2.21. The van der Waals surface area contributed by atoms with Crippen molar-refractivity contribution >= 4 is 5.91 Å². The van der Waals surface area contributed by atoms with Gasteiger partial charge in [-0.2, -0.15) is 0 Å². The van der Waals surface area contributed by atoms with Gasteiger partial charge in [-0.25, -0.2) is 0 Å². The largest absolute Gasteiger partial charge is 0.354 e. The topological polar surface area (TPSA) is 29.1 Å². The third-order valence-corrected chi connectivity index (χ3v) is 1.71. The Morgan fingerprint density at radius 2 is 2.00 bits per heavy atom. The fourth-order valence-electron chi connectivity index (χ4n) is 0.767. The zero-order valence-corrected chi connectivity index (χ0v) is 7.81. The van der Waals surface area contributed by atoms with Crippen LogP contribution in [0.15, 0.2) is 0 Å². The number of nitrogens with one attached hydrogen (secondary N) is 1. The van der Waals surface area contributed by atoms with Gasteiger partial charge in [0.05, 0.1) is 0 Å². The normalized spacial score (nSPS) is 22.1.